The molecule has 0 radical (unpaired) electrons. The lowest BCUT2D eigenvalue weighted by atomic mass is 9.56. The molecule has 0 aromatic heterocycles. The molecule has 4 saturated carbocycles. The summed E-state index contributed by atoms with van der Waals surface area (Å²) >= 11 is 0. The van der Waals surface area contributed by atoms with Gasteiger partial charge < -0.3 is 19.7 Å². The molecule has 6 heteroatoms. The van der Waals surface area contributed by atoms with Gasteiger partial charge in [-0.05, 0) is 135 Å². The van der Waals surface area contributed by atoms with Gasteiger partial charge in [0.2, 0.25) is 0 Å². The summed E-state index contributed by atoms with van der Waals surface area (Å²) in [5.74, 6) is 2.71. The van der Waals surface area contributed by atoms with Crippen LogP contribution < -0.4 is 0 Å². The Morgan fingerprint density at radius 2 is 1.44 bits per heavy atom. The van der Waals surface area contributed by atoms with E-state index in [4.69, 9.17) is 9.47 Å². The van der Waals surface area contributed by atoms with Crippen molar-refractivity contribution in [2.75, 3.05) is 0 Å². The number of esters is 2. The van der Waals surface area contributed by atoms with E-state index in [2.05, 4.69) is 27.7 Å². The van der Waals surface area contributed by atoms with Crippen LogP contribution in [-0.4, -0.2) is 45.1 Å². The third kappa shape index (κ3) is 7.33. The Labute approximate surface area is 249 Å². The molecule has 0 aromatic rings. The lowest BCUT2D eigenvalue weighted by Gasteiger charge is -2.51. The molecule has 7 atom stereocenters. The summed E-state index contributed by atoms with van der Waals surface area (Å²) in [6, 6.07) is 0. The number of hydrogen-bond donors (Lipinski definition) is 2. The zero-order valence-electron chi connectivity index (χ0n) is 27.6. The van der Waals surface area contributed by atoms with Gasteiger partial charge in [0, 0.05) is 19.3 Å². The Morgan fingerprint density at radius 3 is 2.02 bits per heavy atom. The van der Waals surface area contributed by atoms with Crippen LogP contribution >= 0.6 is 0 Å². The molecule has 4 bridgehead atoms. The molecule has 4 rings (SSSR count). The van der Waals surface area contributed by atoms with Crippen LogP contribution in [0.2, 0.25) is 0 Å². The number of aliphatic hydroxyl groups is 2. The Kier molecular flexibility index (Phi) is 9.12. The molecule has 4 aliphatic carbocycles. The van der Waals surface area contributed by atoms with Crippen molar-refractivity contribution < 1.29 is 29.3 Å². The highest BCUT2D eigenvalue weighted by Gasteiger charge is 2.53. The number of ether oxygens (including phenoxy) is 2. The van der Waals surface area contributed by atoms with Gasteiger partial charge >= 0.3 is 11.9 Å². The van der Waals surface area contributed by atoms with Crippen LogP contribution in [0.4, 0.5) is 0 Å². The van der Waals surface area contributed by atoms with Gasteiger partial charge in [-0.3, -0.25) is 9.59 Å². The van der Waals surface area contributed by atoms with Crippen LogP contribution in [0.3, 0.4) is 0 Å². The maximum atomic E-state index is 13.5. The van der Waals surface area contributed by atoms with Crippen LogP contribution in [0.25, 0.3) is 0 Å². The van der Waals surface area contributed by atoms with E-state index in [1.54, 1.807) is 0 Å². The summed E-state index contributed by atoms with van der Waals surface area (Å²) in [7, 11) is 0. The van der Waals surface area contributed by atoms with Gasteiger partial charge in [-0.15, -0.1) is 0 Å². The van der Waals surface area contributed by atoms with Gasteiger partial charge in [0.15, 0.2) is 0 Å². The van der Waals surface area contributed by atoms with E-state index in [0.717, 1.165) is 32.1 Å². The second-order valence-corrected chi connectivity index (χ2v) is 17.1. The molecule has 4 aliphatic rings. The largest absolute Gasteiger partial charge is 0.462 e. The Bertz CT molecular complexity index is 948. The summed E-state index contributed by atoms with van der Waals surface area (Å²) in [6.45, 7) is 18.6. The number of fused-ring (bicyclic) bond motifs is 4. The predicted octanol–water partition coefficient (Wildman–Crippen LogP) is 7.23. The minimum absolute atomic E-state index is 0.0961. The Balaban J connectivity index is 1.36. The van der Waals surface area contributed by atoms with Crippen molar-refractivity contribution >= 4 is 11.9 Å². The van der Waals surface area contributed by atoms with Crippen LogP contribution in [0, 0.1) is 46.3 Å². The SMILES string of the molecule is CCC(C)(C)C(=O)OC(C)(C)C1CC2CC(C)C(CCC(C)(C)C(=O)OC3CC4(O)CC(C)CC(O)(C3)C4)C(C2)C1. The van der Waals surface area contributed by atoms with Crippen molar-refractivity contribution in [3.63, 3.8) is 0 Å². The van der Waals surface area contributed by atoms with Gasteiger partial charge in [0.05, 0.1) is 22.0 Å². The first-order chi connectivity index (χ1) is 18.8. The van der Waals surface area contributed by atoms with E-state index in [0.29, 0.717) is 61.7 Å². The first-order valence-corrected chi connectivity index (χ1v) is 16.7. The number of hydrogen-bond acceptors (Lipinski definition) is 6. The molecular formula is C35H60O6. The first-order valence-electron chi connectivity index (χ1n) is 16.7. The molecule has 0 amide bonds. The molecular weight excluding hydrogens is 516 g/mol. The van der Waals surface area contributed by atoms with E-state index in [9.17, 15) is 19.8 Å². The van der Waals surface area contributed by atoms with E-state index in [1.807, 2.05) is 34.6 Å². The maximum Gasteiger partial charge on any atom is 0.312 e. The quantitative estimate of drug-likeness (QED) is 0.281. The highest BCUT2D eigenvalue weighted by Crippen LogP contribution is 2.53. The van der Waals surface area contributed by atoms with Crippen molar-refractivity contribution in [3.8, 4) is 0 Å². The van der Waals surface area contributed by atoms with Crippen molar-refractivity contribution in [1.29, 1.82) is 0 Å². The van der Waals surface area contributed by atoms with Crippen LogP contribution in [0.1, 0.15) is 139 Å². The van der Waals surface area contributed by atoms with Crippen LogP contribution in [0.15, 0.2) is 0 Å². The smallest absolute Gasteiger partial charge is 0.312 e. The van der Waals surface area contributed by atoms with Gasteiger partial charge in [-0.1, -0.05) is 20.8 Å². The van der Waals surface area contributed by atoms with Crippen LogP contribution in [-0.2, 0) is 19.1 Å². The second-order valence-electron chi connectivity index (χ2n) is 17.1. The normalized spacial score (nSPS) is 39.6. The Hall–Kier alpha value is -1.14. The Morgan fingerprint density at radius 1 is 0.829 bits per heavy atom. The third-order valence-electron chi connectivity index (χ3n) is 11.9. The fourth-order valence-corrected chi connectivity index (χ4v) is 9.27. The molecule has 2 N–H and O–H groups in total. The summed E-state index contributed by atoms with van der Waals surface area (Å²) < 4.78 is 12.2. The zero-order valence-corrected chi connectivity index (χ0v) is 27.6. The van der Waals surface area contributed by atoms with Gasteiger partial charge in [-0.2, -0.15) is 0 Å². The maximum absolute atomic E-state index is 13.5. The molecule has 0 heterocycles. The van der Waals surface area contributed by atoms with Crippen molar-refractivity contribution in [2.45, 2.75) is 162 Å². The summed E-state index contributed by atoms with van der Waals surface area (Å²) in [5.41, 5.74) is -3.47. The van der Waals surface area contributed by atoms with E-state index in [1.165, 1.54) is 12.8 Å². The minimum atomic E-state index is -0.945. The highest BCUT2D eigenvalue weighted by molar-refractivity contribution is 5.76. The van der Waals surface area contributed by atoms with Crippen LogP contribution in [0.5, 0.6) is 0 Å². The van der Waals surface area contributed by atoms with Gasteiger partial charge in [0.1, 0.15) is 11.7 Å². The average Bonchev–Trinajstić information content (AvgIpc) is 2.81. The molecule has 0 saturated heterocycles. The number of carbonyl (C=O) groups excluding carboxylic acids is 2. The van der Waals surface area contributed by atoms with E-state index >= 15 is 0 Å². The lowest BCUT2D eigenvalue weighted by molar-refractivity contribution is -0.198. The predicted molar refractivity (Wildman–Crippen MR) is 161 cm³/mol. The van der Waals surface area contributed by atoms with E-state index < -0.39 is 33.7 Å². The molecule has 236 valence electrons. The molecule has 0 aliphatic heterocycles. The summed E-state index contributed by atoms with van der Waals surface area (Å²) in [5, 5.41) is 22.2. The highest BCUT2D eigenvalue weighted by atomic mass is 16.6. The minimum Gasteiger partial charge on any atom is -0.462 e. The average molecular weight is 577 g/mol. The number of rotatable bonds is 9. The monoisotopic (exact) mass is 576 g/mol. The summed E-state index contributed by atoms with van der Waals surface area (Å²) in [4.78, 5) is 26.4. The molecule has 4 fully saturated rings. The molecule has 0 spiro atoms. The molecule has 7 unspecified atom stereocenters. The van der Waals surface area contributed by atoms with Crippen molar-refractivity contribution in [2.24, 2.45) is 46.3 Å². The lowest BCUT2D eigenvalue weighted by Crippen LogP contribution is -2.56. The topological polar surface area (TPSA) is 93.1 Å². The second kappa shape index (κ2) is 11.4. The third-order valence-corrected chi connectivity index (χ3v) is 11.9. The molecule has 0 aromatic carbocycles. The first kappa shape index (κ1) is 32.8. The molecule has 41 heavy (non-hydrogen) atoms. The van der Waals surface area contributed by atoms with Gasteiger partial charge in [-0.25, -0.2) is 0 Å². The van der Waals surface area contributed by atoms with Crippen molar-refractivity contribution in [3.05, 3.63) is 0 Å². The zero-order chi connectivity index (χ0) is 30.6. The fourth-order valence-electron chi connectivity index (χ4n) is 9.27. The van der Waals surface area contributed by atoms with Crippen molar-refractivity contribution in [1.82, 2.24) is 0 Å². The fraction of sp³-hybridized carbons (Fsp3) is 0.943. The summed E-state index contributed by atoms with van der Waals surface area (Å²) in [6.07, 6.45) is 9.22. The standard InChI is InChI=1S/C35H60O6/c1-10-31(4,5)30(37)41-33(8,9)26-15-24-13-23(3)28(25(14-24)16-26)11-12-32(6,7)29(36)40-27-19-34(38)17-22(2)18-35(39,20-27)21-34/h22-28,38-39H,10-21H2,1-9H3. The number of carbonyl (C=O) groups is 2. The molecule has 6 nitrogen and oxygen atoms in total. The van der Waals surface area contributed by atoms with E-state index in [-0.39, 0.29) is 17.9 Å². The van der Waals surface area contributed by atoms with Gasteiger partial charge in [0.25, 0.3) is 0 Å².